The molecule has 1 amide bonds. The molecule has 0 aliphatic carbocycles. The van der Waals surface area contributed by atoms with Gasteiger partial charge in [0.25, 0.3) is 0 Å². The predicted molar refractivity (Wildman–Crippen MR) is 71.4 cm³/mol. The summed E-state index contributed by atoms with van der Waals surface area (Å²) in [7, 11) is 0. The summed E-state index contributed by atoms with van der Waals surface area (Å²) in [5, 5.41) is 11.2. The SMILES string of the molecule is CC(C)(C)OC(=O)NCc1c(Cl)ccc(C(=O)O)c1F. The van der Waals surface area contributed by atoms with Crippen LogP contribution in [0.25, 0.3) is 0 Å². The molecule has 1 aromatic rings. The summed E-state index contributed by atoms with van der Waals surface area (Å²) in [6.07, 6.45) is -0.742. The number of ether oxygens (including phenoxy) is 1. The van der Waals surface area contributed by atoms with Crippen LogP contribution in [0.15, 0.2) is 12.1 Å². The van der Waals surface area contributed by atoms with E-state index in [1.807, 2.05) is 0 Å². The second kappa shape index (κ2) is 6.09. The molecule has 0 saturated carbocycles. The number of aromatic carboxylic acids is 1. The van der Waals surface area contributed by atoms with Crippen molar-refractivity contribution in [3.05, 3.63) is 34.1 Å². The van der Waals surface area contributed by atoms with Crippen LogP contribution in [0.2, 0.25) is 5.02 Å². The molecule has 0 saturated heterocycles. The molecule has 0 radical (unpaired) electrons. The van der Waals surface area contributed by atoms with E-state index in [0.717, 1.165) is 6.07 Å². The number of hydrogen-bond donors (Lipinski definition) is 2. The van der Waals surface area contributed by atoms with Crippen molar-refractivity contribution in [2.75, 3.05) is 0 Å². The minimum Gasteiger partial charge on any atom is -0.478 e. The molecule has 0 heterocycles. The van der Waals surface area contributed by atoms with Crippen molar-refractivity contribution in [1.29, 1.82) is 0 Å². The maximum absolute atomic E-state index is 13.9. The number of alkyl carbamates (subject to hydrolysis) is 1. The zero-order valence-electron chi connectivity index (χ0n) is 11.3. The van der Waals surface area contributed by atoms with Gasteiger partial charge in [0, 0.05) is 10.6 Å². The zero-order chi connectivity index (χ0) is 15.5. The molecule has 0 aliphatic rings. The molecule has 0 aromatic heterocycles. The van der Waals surface area contributed by atoms with Gasteiger partial charge in [-0.25, -0.2) is 14.0 Å². The smallest absolute Gasteiger partial charge is 0.407 e. The number of halogens is 2. The largest absolute Gasteiger partial charge is 0.478 e. The van der Waals surface area contributed by atoms with Crippen LogP contribution in [0.4, 0.5) is 9.18 Å². The lowest BCUT2D eigenvalue weighted by Crippen LogP contribution is -2.32. The van der Waals surface area contributed by atoms with Gasteiger partial charge in [0.15, 0.2) is 0 Å². The molecule has 0 atom stereocenters. The molecular formula is C13H15ClFNO4. The first-order chi connectivity index (χ1) is 9.11. The summed E-state index contributed by atoms with van der Waals surface area (Å²) >= 11 is 5.80. The van der Waals surface area contributed by atoms with E-state index in [2.05, 4.69) is 5.32 Å². The molecular weight excluding hydrogens is 289 g/mol. The summed E-state index contributed by atoms with van der Waals surface area (Å²) in [5.74, 6) is -2.38. The monoisotopic (exact) mass is 303 g/mol. The standard InChI is InChI=1S/C13H15ClFNO4/c1-13(2,3)20-12(19)16-6-8-9(14)5-4-7(10(8)15)11(17)18/h4-5H,6H2,1-3H3,(H,16,19)(H,17,18). The average Bonchev–Trinajstić information content (AvgIpc) is 2.25. The van der Waals surface area contributed by atoms with Crippen LogP contribution in [0.1, 0.15) is 36.7 Å². The number of carbonyl (C=O) groups is 2. The van der Waals surface area contributed by atoms with Crippen LogP contribution in [-0.2, 0) is 11.3 Å². The Morgan fingerprint density at radius 1 is 1.40 bits per heavy atom. The van der Waals surface area contributed by atoms with Crippen molar-refractivity contribution < 1.29 is 23.8 Å². The van der Waals surface area contributed by atoms with Crippen molar-refractivity contribution in [1.82, 2.24) is 5.32 Å². The molecule has 1 aromatic carbocycles. The van der Waals surface area contributed by atoms with Crippen LogP contribution in [-0.4, -0.2) is 22.8 Å². The molecule has 0 unspecified atom stereocenters. The Labute approximate surface area is 120 Å². The lowest BCUT2D eigenvalue weighted by atomic mass is 10.1. The van der Waals surface area contributed by atoms with Crippen LogP contribution in [0.3, 0.4) is 0 Å². The second-order valence-electron chi connectivity index (χ2n) is 5.05. The van der Waals surface area contributed by atoms with Gasteiger partial charge in [-0.05, 0) is 32.9 Å². The lowest BCUT2D eigenvalue weighted by molar-refractivity contribution is 0.0523. The fourth-order valence-electron chi connectivity index (χ4n) is 1.40. The summed E-state index contributed by atoms with van der Waals surface area (Å²) in [6, 6.07) is 2.33. The van der Waals surface area contributed by atoms with Gasteiger partial charge in [-0.15, -0.1) is 0 Å². The Hall–Kier alpha value is -1.82. The third-order valence-corrected chi connectivity index (χ3v) is 2.58. The highest BCUT2D eigenvalue weighted by Crippen LogP contribution is 2.22. The van der Waals surface area contributed by atoms with E-state index in [9.17, 15) is 14.0 Å². The molecule has 0 bridgehead atoms. The van der Waals surface area contributed by atoms with E-state index >= 15 is 0 Å². The van der Waals surface area contributed by atoms with Crippen LogP contribution in [0.5, 0.6) is 0 Å². The van der Waals surface area contributed by atoms with Gasteiger partial charge < -0.3 is 15.2 Å². The molecule has 0 aliphatic heterocycles. The highest BCUT2D eigenvalue weighted by Gasteiger charge is 2.19. The van der Waals surface area contributed by atoms with Crippen LogP contribution < -0.4 is 5.32 Å². The molecule has 0 spiro atoms. The Bertz CT molecular complexity index is 540. The molecule has 0 fully saturated rings. The Morgan fingerprint density at radius 2 is 2.00 bits per heavy atom. The lowest BCUT2D eigenvalue weighted by Gasteiger charge is -2.20. The third kappa shape index (κ3) is 4.38. The summed E-state index contributed by atoms with van der Waals surface area (Å²) < 4.78 is 18.9. The van der Waals surface area contributed by atoms with Crippen LogP contribution in [0, 0.1) is 5.82 Å². The van der Waals surface area contributed by atoms with Gasteiger partial charge in [-0.2, -0.15) is 0 Å². The van der Waals surface area contributed by atoms with E-state index < -0.39 is 29.0 Å². The van der Waals surface area contributed by atoms with E-state index in [0.29, 0.717) is 0 Å². The third-order valence-electron chi connectivity index (χ3n) is 2.22. The molecule has 2 N–H and O–H groups in total. The molecule has 1 rings (SSSR count). The fourth-order valence-corrected chi connectivity index (χ4v) is 1.61. The molecule has 5 nitrogen and oxygen atoms in total. The first kappa shape index (κ1) is 16.2. The maximum atomic E-state index is 13.9. The van der Waals surface area contributed by atoms with Crippen molar-refractivity contribution in [2.24, 2.45) is 0 Å². The minimum absolute atomic E-state index is 0.0311. The van der Waals surface area contributed by atoms with Gasteiger partial charge in [-0.1, -0.05) is 11.6 Å². The highest BCUT2D eigenvalue weighted by atomic mass is 35.5. The van der Waals surface area contributed by atoms with E-state index in [4.69, 9.17) is 21.4 Å². The summed E-state index contributed by atoms with van der Waals surface area (Å²) in [6.45, 7) is 4.79. The number of carboxylic acids is 1. The Kier molecular flexibility index (Phi) is 4.94. The fraction of sp³-hybridized carbons (Fsp3) is 0.385. The van der Waals surface area contributed by atoms with Crippen molar-refractivity contribution in [2.45, 2.75) is 32.9 Å². The average molecular weight is 304 g/mol. The second-order valence-corrected chi connectivity index (χ2v) is 5.46. The summed E-state index contributed by atoms with van der Waals surface area (Å²) in [5.41, 5.74) is -1.29. The van der Waals surface area contributed by atoms with Gasteiger partial charge >= 0.3 is 12.1 Å². The van der Waals surface area contributed by atoms with Crippen molar-refractivity contribution >= 4 is 23.7 Å². The first-order valence-electron chi connectivity index (χ1n) is 5.79. The topological polar surface area (TPSA) is 75.6 Å². The number of hydrogen-bond acceptors (Lipinski definition) is 3. The Balaban J connectivity index is 2.85. The van der Waals surface area contributed by atoms with E-state index in [1.165, 1.54) is 6.07 Å². The van der Waals surface area contributed by atoms with Gasteiger partial charge in [-0.3, -0.25) is 0 Å². The molecule has 20 heavy (non-hydrogen) atoms. The van der Waals surface area contributed by atoms with Crippen molar-refractivity contribution in [3.8, 4) is 0 Å². The van der Waals surface area contributed by atoms with Crippen molar-refractivity contribution in [3.63, 3.8) is 0 Å². The van der Waals surface area contributed by atoms with Gasteiger partial charge in [0.2, 0.25) is 0 Å². The highest BCUT2D eigenvalue weighted by molar-refractivity contribution is 6.31. The Morgan fingerprint density at radius 3 is 2.50 bits per heavy atom. The first-order valence-corrected chi connectivity index (χ1v) is 6.16. The number of benzene rings is 1. The summed E-state index contributed by atoms with van der Waals surface area (Å²) in [4.78, 5) is 22.3. The molecule has 7 heteroatoms. The van der Waals surface area contributed by atoms with E-state index in [-0.39, 0.29) is 17.1 Å². The number of nitrogens with one attached hydrogen (secondary N) is 1. The number of carbonyl (C=O) groups excluding carboxylic acids is 1. The normalized spacial score (nSPS) is 11.1. The zero-order valence-corrected chi connectivity index (χ0v) is 12.0. The number of amides is 1. The number of carboxylic acid groups (broad SMARTS) is 1. The van der Waals surface area contributed by atoms with Gasteiger partial charge in [0.1, 0.15) is 11.4 Å². The number of rotatable bonds is 3. The van der Waals surface area contributed by atoms with Gasteiger partial charge in [0.05, 0.1) is 12.1 Å². The van der Waals surface area contributed by atoms with Crippen LogP contribution >= 0.6 is 11.6 Å². The maximum Gasteiger partial charge on any atom is 0.407 e. The molecule has 110 valence electrons. The van der Waals surface area contributed by atoms with E-state index in [1.54, 1.807) is 20.8 Å². The quantitative estimate of drug-likeness (QED) is 0.899. The minimum atomic E-state index is -1.40. The predicted octanol–water partition coefficient (Wildman–Crippen LogP) is 3.20.